The number of nitrogens with two attached hydrogens (primary N) is 2. The fourth-order valence-corrected chi connectivity index (χ4v) is 1.74. The van der Waals surface area contributed by atoms with E-state index in [-0.39, 0.29) is 6.04 Å². The summed E-state index contributed by atoms with van der Waals surface area (Å²) in [5.74, 6) is 0.733. The summed E-state index contributed by atoms with van der Waals surface area (Å²) in [7, 11) is 0. The molecule has 84 valence electrons. The summed E-state index contributed by atoms with van der Waals surface area (Å²) in [5, 5.41) is 4.04. The molecule has 0 spiro atoms. The van der Waals surface area contributed by atoms with Crippen molar-refractivity contribution in [1.82, 2.24) is 5.16 Å². The van der Waals surface area contributed by atoms with Gasteiger partial charge in [0.2, 0.25) is 0 Å². The first kappa shape index (κ1) is 10.9. The minimum absolute atomic E-state index is 0.235. The molecule has 0 radical (unpaired) electrons. The minimum atomic E-state index is -0.235. The van der Waals surface area contributed by atoms with E-state index in [0.717, 1.165) is 22.6 Å². The first-order valence-corrected chi connectivity index (χ1v) is 5.21. The lowest BCUT2D eigenvalue weighted by Gasteiger charge is -2.08. The van der Waals surface area contributed by atoms with E-state index in [2.05, 4.69) is 5.16 Å². The van der Waals surface area contributed by atoms with Crippen LogP contribution >= 0.6 is 0 Å². The monoisotopic (exact) mass is 217 g/mol. The molecular weight excluding hydrogens is 202 g/mol. The summed E-state index contributed by atoms with van der Waals surface area (Å²) < 4.78 is 5.19. The molecule has 0 amide bonds. The normalized spacial score (nSPS) is 12.7. The first-order valence-electron chi connectivity index (χ1n) is 5.21. The molecule has 0 saturated carbocycles. The number of rotatable bonds is 3. The summed E-state index contributed by atoms with van der Waals surface area (Å²) in [5.41, 5.74) is 14.2. The highest BCUT2D eigenvalue weighted by Crippen LogP contribution is 2.28. The van der Waals surface area contributed by atoms with E-state index >= 15 is 0 Å². The van der Waals surface area contributed by atoms with Gasteiger partial charge in [-0.05, 0) is 6.92 Å². The molecule has 2 rings (SSSR count). The quantitative estimate of drug-likeness (QED) is 0.818. The molecule has 1 atom stereocenters. The van der Waals surface area contributed by atoms with E-state index in [4.69, 9.17) is 16.0 Å². The van der Waals surface area contributed by atoms with E-state index in [1.807, 2.05) is 37.3 Å². The standard InChI is InChI=1S/C12H15N3O/c1-8-11(10(14)7-13)12(15-16-8)9-5-3-2-4-6-9/h2-6,10H,7,13-14H2,1H3. The van der Waals surface area contributed by atoms with E-state index in [1.54, 1.807) is 0 Å². The highest BCUT2D eigenvalue weighted by Gasteiger charge is 2.19. The van der Waals surface area contributed by atoms with Gasteiger partial charge in [-0.2, -0.15) is 0 Å². The fraction of sp³-hybridized carbons (Fsp3) is 0.250. The summed E-state index contributed by atoms with van der Waals surface area (Å²) in [6, 6.07) is 9.59. The molecule has 1 aromatic heterocycles. The second-order valence-electron chi connectivity index (χ2n) is 3.71. The fourth-order valence-electron chi connectivity index (χ4n) is 1.74. The van der Waals surface area contributed by atoms with Crippen LogP contribution in [-0.4, -0.2) is 11.7 Å². The minimum Gasteiger partial charge on any atom is -0.361 e. The van der Waals surface area contributed by atoms with Gasteiger partial charge in [-0.15, -0.1) is 0 Å². The largest absolute Gasteiger partial charge is 0.361 e. The summed E-state index contributed by atoms with van der Waals surface area (Å²) >= 11 is 0. The van der Waals surface area contributed by atoms with Crippen LogP contribution in [0.4, 0.5) is 0 Å². The average molecular weight is 217 g/mol. The van der Waals surface area contributed by atoms with Gasteiger partial charge in [0, 0.05) is 23.7 Å². The van der Waals surface area contributed by atoms with E-state index in [1.165, 1.54) is 0 Å². The zero-order chi connectivity index (χ0) is 11.5. The SMILES string of the molecule is Cc1onc(-c2ccccc2)c1C(N)CN. The van der Waals surface area contributed by atoms with Crippen LogP contribution in [0.5, 0.6) is 0 Å². The Morgan fingerprint density at radius 2 is 2.00 bits per heavy atom. The van der Waals surface area contributed by atoms with Gasteiger partial charge in [0.25, 0.3) is 0 Å². The molecule has 1 unspecified atom stereocenters. The van der Waals surface area contributed by atoms with Gasteiger partial charge < -0.3 is 16.0 Å². The van der Waals surface area contributed by atoms with E-state index in [0.29, 0.717) is 6.54 Å². The van der Waals surface area contributed by atoms with E-state index in [9.17, 15) is 0 Å². The molecule has 4 nitrogen and oxygen atoms in total. The third kappa shape index (κ3) is 1.85. The Morgan fingerprint density at radius 3 is 2.62 bits per heavy atom. The highest BCUT2D eigenvalue weighted by molar-refractivity contribution is 5.63. The third-order valence-corrected chi connectivity index (χ3v) is 2.58. The van der Waals surface area contributed by atoms with Crippen molar-refractivity contribution in [2.24, 2.45) is 11.5 Å². The predicted molar refractivity (Wildman–Crippen MR) is 62.7 cm³/mol. The van der Waals surface area contributed by atoms with Gasteiger partial charge in [-0.25, -0.2) is 0 Å². The Kier molecular flexibility index (Phi) is 3.03. The lowest BCUT2D eigenvalue weighted by Crippen LogP contribution is -2.21. The smallest absolute Gasteiger partial charge is 0.139 e. The molecule has 4 N–H and O–H groups in total. The van der Waals surface area contributed by atoms with Crippen molar-refractivity contribution in [2.75, 3.05) is 6.54 Å². The lowest BCUT2D eigenvalue weighted by atomic mass is 10.0. The number of aryl methyl sites for hydroxylation is 1. The van der Waals surface area contributed by atoms with Crippen molar-refractivity contribution in [3.8, 4) is 11.3 Å². The van der Waals surface area contributed by atoms with E-state index < -0.39 is 0 Å². The molecule has 0 aliphatic carbocycles. The molecule has 0 saturated heterocycles. The maximum Gasteiger partial charge on any atom is 0.139 e. The maximum atomic E-state index is 5.95. The van der Waals surface area contributed by atoms with Crippen LogP contribution in [0.25, 0.3) is 11.3 Å². The highest BCUT2D eigenvalue weighted by atomic mass is 16.5. The number of hydrogen-bond acceptors (Lipinski definition) is 4. The van der Waals surface area contributed by atoms with Gasteiger partial charge in [0.1, 0.15) is 11.5 Å². The van der Waals surface area contributed by atoms with Crippen LogP contribution in [-0.2, 0) is 0 Å². The van der Waals surface area contributed by atoms with Crippen molar-refractivity contribution in [1.29, 1.82) is 0 Å². The van der Waals surface area contributed by atoms with Crippen molar-refractivity contribution in [2.45, 2.75) is 13.0 Å². The molecule has 2 aromatic rings. The molecular formula is C12H15N3O. The number of aromatic nitrogens is 1. The van der Waals surface area contributed by atoms with Gasteiger partial charge in [0.05, 0.1) is 0 Å². The van der Waals surface area contributed by atoms with Gasteiger partial charge >= 0.3 is 0 Å². The van der Waals surface area contributed by atoms with Crippen LogP contribution in [0.1, 0.15) is 17.4 Å². The number of nitrogens with zero attached hydrogens (tertiary/aromatic N) is 1. The second kappa shape index (κ2) is 4.47. The van der Waals surface area contributed by atoms with Gasteiger partial charge in [0.15, 0.2) is 0 Å². The Balaban J connectivity index is 2.50. The molecule has 16 heavy (non-hydrogen) atoms. The molecule has 0 fully saturated rings. The van der Waals surface area contributed by atoms with Crippen LogP contribution < -0.4 is 11.5 Å². The molecule has 1 heterocycles. The lowest BCUT2D eigenvalue weighted by molar-refractivity contribution is 0.397. The third-order valence-electron chi connectivity index (χ3n) is 2.58. The van der Waals surface area contributed by atoms with Crippen LogP contribution in [0.15, 0.2) is 34.9 Å². The Morgan fingerprint density at radius 1 is 1.31 bits per heavy atom. The molecule has 0 aliphatic rings. The van der Waals surface area contributed by atoms with Crippen molar-refractivity contribution in [3.05, 3.63) is 41.7 Å². The first-order chi connectivity index (χ1) is 7.74. The average Bonchev–Trinajstić information content (AvgIpc) is 2.71. The number of benzene rings is 1. The zero-order valence-electron chi connectivity index (χ0n) is 9.18. The van der Waals surface area contributed by atoms with Gasteiger partial charge in [-0.3, -0.25) is 0 Å². The maximum absolute atomic E-state index is 5.95. The topological polar surface area (TPSA) is 78.1 Å². The zero-order valence-corrected chi connectivity index (χ0v) is 9.18. The van der Waals surface area contributed by atoms with Crippen molar-refractivity contribution < 1.29 is 4.52 Å². The molecule has 4 heteroatoms. The summed E-state index contributed by atoms with van der Waals surface area (Å²) in [4.78, 5) is 0. The van der Waals surface area contributed by atoms with Crippen molar-refractivity contribution >= 4 is 0 Å². The Hall–Kier alpha value is -1.65. The van der Waals surface area contributed by atoms with Crippen molar-refractivity contribution in [3.63, 3.8) is 0 Å². The molecule has 0 bridgehead atoms. The van der Waals surface area contributed by atoms with Crippen LogP contribution in [0.2, 0.25) is 0 Å². The Bertz CT molecular complexity index is 464. The van der Waals surface area contributed by atoms with Gasteiger partial charge in [-0.1, -0.05) is 35.5 Å². The second-order valence-corrected chi connectivity index (χ2v) is 3.71. The van der Waals surface area contributed by atoms with Crippen LogP contribution in [0.3, 0.4) is 0 Å². The summed E-state index contributed by atoms with van der Waals surface area (Å²) in [6.07, 6.45) is 0. The number of hydrogen-bond donors (Lipinski definition) is 2. The molecule has 1 aromatic carbocycles. The summed E-state index contributed by atoms with van der Waals surface area (Å²) in [6.45, 7) is 2.23. The Labute approximate surface area is 94.2 Å². The van der Waals surface area contributed by atoms with Crippen LogP contribution in [0, 0.1) is 6.92 Å². The predicted octanol–water partition coefficient (Wildman–Crippen LogP) is 1.61. The molecule has 0 aliphatic heterocycles.